The maximum absolute atomic E-state index is 14.7. The van der Waals surface area contributed by atoms with Crippen LogP contribution in [0.3, 0.4) is 0 Å². The highest BCUT2D eigenvalue weighted by atomic mass is 32.2. The van der Waals surface area contributed by atoms with Crippen molar-refractivity contribution < 1.29 is 17.3 Å². The second kappa shape index (κ2) is 8.78. The monoisotopic (exact) mass is 500 g/mol. The Morgan fingerprint density at radius 1 is 1.14 bits per heavy atom. The van der Waals surface area contributed by atoms with Gasteiger partial charge < -0.3 is 4.52 Å². The molecule has 0 N–H and O–H groups in total. The van der Waals surface area contributed by atoms with E-state index < -0.39 is 15.4 Å². The van der Waals surface area contributed by atoms with Crippen LogP contribution in [-0.4, -0.2) is 41.2 Å². The second-order valence-corrected chi connectivity index (χ2v) is 12.0. The molecule has 0 saturated heterocycles. The van der Waals surface area contributed by atoms with Crippen LogP contribution in [0.5, 0.6) is 0 Å². The standard InChI is InChI=1S/C26H33FN4O3S/c1-8-26(15-31(9-2)35(32,33)23-17(4)30-34-18(23)5)24-19(14-25(26,6)7)13-21(28-29-24)22-16(3)11-10-12-20(22)27/h10-13H,8-9,14-15H2,1-7H3/t26-/m0/s1. The molecule has 1 aliphatic rings. The number of sulfonamides is 1. The van der Waals surface area contributed by atoms with Crippen LogP contribution in [0.25, 0.3) is 11.3 Å². The maximum Gasteiger partial charge on any atom is 0.248 e. The van der Waals surface area contributed by atoms with Gasteiger partial charge in [0, 0.05) is 24.1 Å². The van der Waals surface area contributed by atoms with Crippen LogP contribution in [0.15, 0.2) is 33.7 Å². The SMILES string of the molecule is CCN(C[C@@]1(CC)c2nnc(-c3c(C)cccc3F)cc2CC1(C)C)S(=O)(=O)c1c(C)noc1C. The lowest BCUT2D eigenvalue weighted by atomic mass is 9.65. The third kappa shape index (κ3) is 3.89. The van der Waals surface area contributed by atoms with Gasteiger partial charge in [0.2, 0.25) is 10.0 Å². The van der Waals surface area contributed by atoms with Gasteiger partial charge in [-0.2, -0.15) is 14.5 Å². The molecule has 35 heavy (non-hydrogen) atoms. The lowest BCUT2D eigenvalue weighted by molar-refractivity contribution is 0.140. The Balaban J connectivity index is 1.81. The highest BCUT2D eigenvalue weighted by Crippen LogP contribution is 2.54. The van der Waals surface area contributed by atoms with Crippen molar-refractivity contribution in [3.05, 3.63) is 58.4 Å². The molecule has 9 heteroatoms. The minimum Gasteiger partial charge on any atom is -0.360 e. The molecule has 0 bridgehead atoms. The van der Waals surface area contributed by atoms with Gasteiger partial charge in [-0.1, -0.05) is 45.0 Å². The van der Waals surface area contributed by atoms with E-state index in [0.717, 1.165) is 16.8 Å². The van der Waals surface area contributed by atoms with Gasteiger partial charge in [0.25, 0.3) is 0 Å². The van der Waals surface area contributed by atoms with Crippen molar-refractivity contribution in [1.29, 1.82) is 0 Å². The summed E-state index contributed by atoms with van der Waals surface area (Å²) in [5.74, 6) is -0.0525. The molecule has 1 atom stereocenters. The number of nitrogens with zero attached hydrogens (tertiary/aromatic N) is 4. The van der Waals surface area contributed by atoms with Crippen LogP contribution in [0.1, 0.15) is 62.4 Å². The smallest absolute Gasteiger partial charge is 0.248 e. The van der Waals surface area contributed by atoms with Crippen LogP contribution >= 0.6 is 0 Å². The van der Waals surface area contributed by atoms with Crippen molar-refractivity contribution in [2.75, 3.05) is 13.1 Å². The van der Waals surface area contributed by atoms with E-state index in [1.807, 2.05) is 26.0 Å². The molecule has 0 amide bonds. The Morgan fingerprint density at radius 2 is 1.86 bits per heavy atom. The van der Waals surface area contributed by atoms with E-state index in [1.54, 1.807) is 19.9 Å². The van der Waals surface area contributed by atoms with E-state index in [-0.39, 0.29) is 28.4 Å². The fourth-order valence-corrected chi connectivity index (χ4v) is 7.50. The van der Waals surface area contributed by atoms with E-state index in [9.17, 15) is 12.8 Å². The molecular formula is C26H33FN4O3S. The highest BCUT2D eigenvalue weighted by molar-refractivity contribution is 7.89. The fraction of sp³-hybridized carbons (Fsp3) is 0.500. The first-order valence-electron chi connectivity index (χ1n) is 11.9. The largest absolute Gasteiger partial charge is 0.360 e. The van der Waals surface area contributed by atoms with Crippen molar-refractivity contribution in [3.8, 4) is 11.3 Å². The Morgan fingerprint density at radius 3 is 2.43 bits per heavy atom. The first-order chi connectivity index (χ1) is 16.4. The maximum atomic E-state index is 14.7. The summed E-state index contributed by atoms with van der Waals surface area (Å²) in [5.41, 5.74) is 2.99. The summed E-state index contributed by atoms with van der Waals surface area (Å²) in [4.78, 5) is 0.123. The second-order valence-electron chi connectivity index (χ2n) is 10.1. The third-order valence-corrected chi connectivity index (χ3v) is 9.87. The number of hydrogen-bond donors (Lipinski definition) is 0. The van der Waals surface area contributed by atoms with Gasteiger partial charge in [-0.25, -0.2) is 12.8 Å². The minimum absolute atomic E-state index is 0.123. The average Bonchev–Trinajstić information content (AvgIpc) is 3.23. The van der Waals surface area contributed by atoms with Gasteiger partial charge in [0.05, 0.1) is 11.4 Å². The van der Waals surface area contributed by atoms with Crippen molar-refractivity contribution in [2.45, 2.75) is 71.6 Å². The summed E-state index contributed by atoms with van der Waals surface area (Å²) in [7, 11) is -3.84. The van der Waals surface area contributed by atoms with Crippen LogP contribution < -0.4 is 0 Å². The van der Waals surface area contributed by atoms with Crippen LogP contribution in [0.2, 0.25) is 0 Å². The van der Waals surface area contributed by atoms with E-state index in [1.165, 1.54) is 10.4 Å². The summed E-state index contributed by atoms with van der Waals surface area (Å²) in [6.45, 7) is 13.8. The first kappa shape index (κ1) is 25.4. The van der Waals surface area contributed by atoms with Gasteiger partial charge in [0.15, 0.2) is 5.76 Å². The Hall–Kier alpha value is -2.65. The summed E-state index contributed by atoms with van der Waals surface area (Å²) in [6, 6.07) is 6.88. The molecule has 3 aromatic rings. The molecule has 188 valence electrons. The molecule has 2 aromatic heterocycles. The first-order valence-corrected chi connectivity index (χ1v) is 13.4. The quantitative estimate of drug-likeness (QED) is 0.446. The lowest BCUT2D eigenvalue weighted by Gasteiger charge is -2.43. The van der Waals surface area contributed by atoms with E-state index in [0.29, 0.717) is 36.3 Å². The number of likely N-dealkylation sites (N-methyl/N-ethyl adjacent to an activating group) is 1. The zero-order valence-electron chi connectivity index (χ0n) is 21.4. The van der Waals surface area contributed by atoms with Crippen molar-refractivity contribution in [1.82, 2.24) is 19.7 Å². The summed E-state index contributed by atoms with van der Waals surface area (Å²) in [6.07, 6.45) is 1.36. The van der Waals surface area contributed by atoms with Crippen LogP contribution in [0, 0.1) is 32.0 Å². The van der Waals surface area contributed by atoms with E-state index in [2.05, 4.69) is 36.1 Å². The zero-order valence-corrected chi connectivity index (χ0v) is 22.3. The summed E-state index contributed by atoms with van der Waals surface area (Å²) in [5, 5.41) is 12.9. The van der Waals surface area contributed by atoms with Crippen LogP contribution in [0.4, 0.5) is 4.39 Å². The van der Waals surface area contributed by atoms with Gasteiger partial charge in [-0.15, -0.1) is 0 Å². The van der Waals surface area contributed by atoms with Crippen LogP contribution in [-0.2, 0) is 21.9 Å². The topological polar surface area (TPSA) is 89.2 Å². The van der Waals surface area contributed by atoms with Gasteiger partial charge in [0.1, 0.15) is 16.4 Å². The Kier molecular flexibility index (Phi) is 6.38. The predicted molar refractivity (Wildman–Crippen MR) is 132 cm³/mol. The number of benzene rings is 1. The summed E-state index contributed by atoms with van der Waals surface area (Å²) < 4.78 is 48.7. The normalized spacial score (nSPS) is 19.3. The minimum atomic E-state index is -3.84. The number of hydrogen-bond acceptors (Lipinski definition) is 6. The number of aromatic nitrogens is 3. The number of aryl methyl sites for hydroxylation is 3. The molecule has 0 spiro atoms. The molecule has 0 fully saturated rings. The molecule has 0 unspecified atom stereocenters. The van der Waals surface area contributed by atoms with Gasteiger partial charge in [-0.3, -0.25) is 0 Å². The predicted octanol–water partition coefficient (Wildman–Crippen LogP) is 5.14. The van der Waals surface area contributed by atoms with E-state index in [4.69, 9.17) is 4.52 Å². The number of fused-ring (bicyclic) bond motifs is 1. The molecule has 7 nitrogen and oxygen atoms in total. The average molecular weight is 501 g/mol. The van der Waals surface area contributed by atoms with Crippen molar-refractivity contribution >= 4 is 10.0 Å². The molecule has 0 saturated carbocycles. The van der Waals surface area contributed by atoms with Gasteiger partial charge in [-0.05, 0) is 62.3 Å². The van der Waals surface area contributed by atoms with E-state index >= 15 is 0 Å². The molecule has 4 rings (SSSR count). The molecule has 0 radical (unpaired) electrons. The van der Waals surface area contributed by atoms with Gasteiger partial charge >= 0.3 is 0 Å². The number of rotatable bonds is 7. The summed E-state index contributed by atoms with van der Waals surface area (Å²) >= 11 is 0. The lowest BCUT2D eigenvalue weighted by Crippen LogP contribution is -2.50. The fourth-order valence-electron chi connectivity index (χ4n) is 5.70. The van der Waals surface area contributed by atoms with Crippen molar-refractivity contribution in [3.63, 3.8) is 0 Å². The molecular weight excluding hydrogens is 467 g/mol. The molecule has 1 aromatic carbocycles. The van der Waals surface area contributed by atoms with Crippen molar-refractivity contribution in [2.24, 2.45) is 5.41 Å². The molecule has 1 aliphatic carbocycles. The number of halogens is 1. The molecule has 2 heterocycles. The zero-order chi connectivity index (χ0) is 25.8. The third-order valence-electron chi connectivity index (χ3n) is 7.70. The highest BCUT2D eigenvalue weighted by Gasteiger charge is 2.54. The molecule has 0 aliphatic heterocycles. The Bertz CT molecular complexity index is 1340. The Labute approximate surface area is 206 Å².